The standard InChI is InChI=1S/C15H16O3/c1-8-9-4-2-3-5-10(9)15(18)14-12(17)7-6-11(16)13(8)14/h2-7,11-18H,1H2. The second-order valence-electron chi connectivity index (χ2n) is 5.03. The summed E-state index contributed by atoms with van der Waals surface area (Å²) >= 11 is 0. The first-order valence-corrected chi connectivity index (χ1v) is 6.12. The second kappa shape index (κ2) is 4.05. The molecule has 3 nitrogen and oxygen atoms in total. The molecular weight excluding hydrogens is 228 g/mol. The molecule has 0 spiro atoms. The second-order valence-corrected chi connectivity index (χ2v) is 5.03. The Bertz CT molecular complexity index is 520. The molecule has 0 amide bonds. The minimum Gasteiger partial charge on any atom is -0.389 e. The van der Waals surface area contributed by atoms with Gasteiger partial charge in [0, 0.05) is 11.8 Å². The minimum atomic E-state index is -0.772. The van der Waals surface area contributed by atoms with Crippen LogP contribution in [0.15, 0.2) is 43.0 Å². The maximum Gasteiger partial charge on any atom is 0.0858 e. The molecule has 3 heteroatoms. The lowest BCUT2D eigenvalue weighted by atomic mass is 9.65. The summed E-state index contributed by atoms with van der Waals surface area (Å²) in [7, 11) is 0. The molecule has 5 unspecified atom stereocenters. The van der Waals surface area contributed by atoms with Crippen molar-refractivity contribution in [1.82, 2.24) is 0 Å². The smallest absolute Gasteiger partial charge is 0.0858 e. The molecule has 0 radical (unpaired) electrons. The molecule has 0 aliphatic heterocycles. The molecule has 2 aliphatic carbocycles. The van der Waals surface area contributed by atoms with Crippen molar-refractivity contribution >= 4 is 5.57 Å². The van der Waals surface area contributed by atoms with Crippen LogP contribution in [0.25, 0.3) is 5.57 Å². The number of rotatable bonds is 0. The maximum atomic E-state index is 10.4. The Hall–Kier alpha value is -1.42. The Kier molecular flexibility index (Phi) is 2.63. The van der Waals surface area contributed by atoms with Crippen LogP contribution in [-0.4, -0.2) is 27.5 Å². The molecule has 3 N–H and O–H groups in total. The average molecular weight is 244 g/mol. The van der Waals surface area contributed by atoms with Crippen LogP contribution < -0.4 is 0 Å². The molecule has 0 aromatic heterocycles. The zero-order chi connectivity index (χ0) is 12.9. The zero-order valence-corrected chi connectivity index (χ0v) is 9.90. The van der Waals surface area contributed by atoms with Crippen molar-refractivity contribution in [2.45, 2.75) is 18.3 Å². The Morgan fingerprint density at radius 1 is 0.944 bits per heavy atom. The van der Waals surface area contributed by atoms with Crippen molar-refractivity contribution < 1.29 is 15.3 Å². The van der Waals surface area contributed by atoms with Gasteiger partial charge in [-0.05, 0) is 16.7 Å². The van der Waals surface area contributed by atoms with E-state index in [1.165, 1.54) is 0 Å². The summed E-state index contributed by atoms with van der Waals surface area (Å²) in [5, 5.41) is 30.5. The quantitative estimate of drug-likeness (QED) is 0.602. The Balaban J connectivity index is 2.15. The largest absolute Gasteiger partial charge is 0.389 e. The molecule has 5 atom stereocenters. The molecular formula is C15H16O3. The molecule has 0 fully saturated rings. The van der Waals surface area contributed by atoms with Crippen molar-refractivity contribution in [3.63, 3.8) is 0 Å². The van der Waals surface area contributed by atoms with Crippen LogP contribution in [0.4, 0.5) is 0 Å². The van der Waals surface area contributed by atoms with Gasteiger partial charge in [-0.3, -0.25) is 0 Å². The molecule has 0 bridgehead atoms. The number of fused-ring (bicyclic) bond motifs is 2. The van der Waals surface area contributed by atoms with E-state index in [-0.39, 0.29) is 5.92 Å². The fourth-order valence-corrected chi connectivity index (χ4v) is 3.17. The van der Waals surface area contributed by atoms with Crippen LogP contribution in [0.2, 0.25) is 0 Å². The molecule has 0 saturated heterocycles. The van der Waals surface area contributed by atoms with Crippen LogP contribution in [0.1, 0.15) is 17.2 Å². The lowest BCUT2D eigenvalue weighted by Gasteiger charge is -2.43. The van der Waals surface area contributed by atoms with E-state index in [4.69, 9.17) is 0 Å². The van der Waals surface area contributed by atoms with Gasteiger partial charge in [0.2, 0.25) is 0 Å². The fraction of sp³-hybridized carbons (Fsp3) is 0.333. The maximum absolute atomic E-state index is 10.4. The van der Waals surface area contributed by atoms with Gasteiger partial charge in [0.25, 0.3) is 0 Å². The van der Waals surface area contributed by atoms with E-state index >= 15 is 0 Å². The van der Waals surface area contributed by atoms with Crippen LogP contribution >= 0.6 is 0 Å². The number of benzene rings is 1. The third-order valence-electron chi connectivity index (χ3n) is 4.07. The highest BCUT2D eigenvalue weighted by Crippen LogP contribution is 2.48. The summed E-state index contributed by atoms with van der Waals surface area (Å²) in [4.78, 5) is 0. The van der Waals surface area contributed by atoms with Crippen molar-refractivity contribution in [2.75, 3.05) is 0 Å². The van der Waals surface area contributed by atoms with Gasteiger partial charge in [-0.15, -0.1) is 0 Å². The van der Waals surface area contributed by atoms with Gasteiger partial charge in [-0.1, -0.05) is 43.0 Å². The van der Waals surface area contributed by atoms with E-state index in [0.717, 1.165) is 16.7 Å². The van der Waals surface area contributed by atoms with E-state index in [2.05, 4.69) is 6.58 Å². The van der Waals surface area contributed by atoms with E-state index in [9.17, 15) is 15.3 Å². The SMILES string of the molecule is C=C1c2ccccc2C(O)C2C(O)C=CC(O)C12. The predicted octanol–water partition coefficient (Wildman–Crippen LogP) is 1.27. The summed E-state index contributed by atoms with van der Waals surface area (Å²) < 4.78 is 0. The Labute approximate surface area is 106 Å². The highest BCUT2D eigenvalue weighted by Gasteiger charge is 2.45. The highest BCUT2D eigenvalue weighted by atomic mass is 16.3. The normalized spacial score (nSPS) is 38.2. The minimum absolute atomic E-state index is 0.324. The topological polar surface area (TPSA) is 60.7 Å². The number of aliphatic hydroxyl groups is 3. The van der Waals surface area contributed by atoms with Gasteiger partial charge in [-0.2, -0.15) is 0 Å². The fourth-order valence-electron chi connectivity index (χ4n) is 3.17. The molecule has 1 aromatic rings. The molecule has 0 heterocycles. The van der Waals surface area contributed by atoms with Crippen molar-refractivity contribution in [1.29, 1.82) is 0 Å². The summed E-state index contributed by atoms with van der Waals surface area (Å²) in [6.45, 7) is 4.04. The van der Waals surface area contributed by atoms with Gasteiger partial charge in [0.05, 0.1) is 18.3 Å². The molecule has 2 aliphatic rings. The summed E-state index contributed by atoms with van der Waals surface area (Å²) in [5.41, 5.74) is 2.45. The van der Waals surface area contributed by atoms with Gasteiger partial charge in [-0.25, -0.2) is 0 Å². The average Bonchev–Trinajstić information content (AvgIpc) is 2.38. The van der Waals surface area contributed by atoms with Gasteiger partial charge < -0.3 is 15.3 Å². The lowest BCUT2D eigenvalue weighted by molar-refractivity contribution is -0.0255. The van der Waals surface area contributed by atoms with Crippen LogP contribution in [0.3, 0.4) is 0 Å². The first kappa shape index (κ1) is 11.7. The van der Waals surface area contributed by atoms with E-state index < -0.39 is 24.2 Å². The third-order valence-corrected chi connectivity index (χ3v) is 4.07. The first-order valence-electron chi connectivity index (χ1n) is 6.12. The predicted molar refractivity (Wildman–Crippen MR) is 68.6 cm³/mol. The zero-order valence-electron chi connectivity index (χ0n) is 9.90. The molecule has 18 heavy (non-hydrogen) atoms. The number of aliphatic hydroxyl groups excluding tert-OH is 3. The van der Waals surface area contributed by atoms with E-state index in [0.29, 0.717) is 0 Å². The first-order chi connectivity index (χ1) is 8.61. The molecule has 0 saturated carbocycles. The molecule has 3 rings (SSSR count). The van der Waals surface area contributed by atoms with Crippen molar-refractivity contribution in [2.24, 2.45) is 11.8 Å². The monoisotopic (exact) mass is 244 g/mol. The summed E-state index contributed by atoms with van der Waals surface area (Å²) in [6, 6.07) is 7.49. The highest BCUT2D eigenvalue weighted by molar-refractivity contribution is 5.72. The lowest BCUT2D eigenvalue weighted by Crippen LogP contribution is -2.44. The number of hydrogen-bond donors (Lipinski definition) is 3. The van der Waals surface area contributed by atoms with Crippen LogP contribution in [0.5, 0.6) is 0 Å². The van der Waals surface area contributed by atoms with Gasteiger partial charge in [0.15, 0.2) is 0 Å². The Morgan fingerprint density at radius 3 is 2.39 bits per heavy atom. The van der Waals surface area contributed by atoms with E-state index in [1.807, 2.05) is 24.3 Å². The summed E-state index contributed by atoms with van der Waals surface area (Å²) in [6.07, 6.45) is 0.909. The Morgan fingerprint density at radius 2 is 1.61 bits per heavy atom. The molecule has 94 valence electrons. The van der Waals surface area contributed by atoms with Gasteiger partial charge >= 0.3 is 0 Å². The van der Waals surface area contributed by atoms with E-state index in [1.54, 1.807) is 12.2 Å². The van der Waals surface area contributed by atoms with Crippen molar-refractivity contribution in [3.8, 4) is 0 Å². The summed E-state index contributed by atoms with van der Waals surface area (Å²) in [5.74, 6) is -0.748. The van der Waals surface area contributed by atoms with Crippen molar-refractivity contribution in [3.05, 3.63) is 54.1 Å². The van der Waals surface area contributed by atoms with Gasteiger partial charge in [0.1, 0.15) is 0 Å². The van der Waals surface area contributed by atoms with Crippen LogP contribution in [-0.2, 0) is 0 Å². The third kappa shape index (κ3) is 1.48. The van der Waals surface area contributed by atoms with Crippen LogP contribution in [0, 0.1) is 11.8 Å². The number of hydrogen-bond acceptors (Lipinski definition) is 3. The molecule has 1 aromatic carbocycles.